The molecule has 0 fully saturated rings. The van der Waals surface area contributed by atoms with Gasteiger partial charge >= 0.3 is 0 Å². The number of rotatable bonds is 3. The van der Waals surface area contributed by atoms with Gasteiger partial charge in [-0.3, -0.25) is 0 Å². The molecule has 1 aliphatic rings. The second-order valence-corrected chi connectivity index (χ2v) is 5.95. The fraction of sp³-hybridized carbons (Fsp3) is 0.368. The second-order valence-electron chi connectivity index (χ2n) is 5.95. The summed E-state index contributed by atoms with van der Waals surface area (Å²) in [6, 6.07) is 17.1. The number of benzene rings is 2. The Labute approximate surface area is 121 Å². The lowest BCUT2D eigenvalue weighted by atomic mass is 9.78. The van der Waals surface area contributed by atoms with Crippen molar-refractivity contribution < 1.29 is 5.11 Å². The normalized spacial score (nSPS) is 19.4. The van der Waals surface area contributed by atoms with Gasteiger partial charge in [-0.2, -0.15) is 0 Å². The van der Waals surface area contributed by atoms with E-state index >= 15 is 0 Å². The maximum atomic E-state index is 10.6. The van der Waals surface area contributed by atoms with E-state index in [2.05, 4.69) is 55.5 Å². The highest BCUT2D eigenvalue weighted by Crippen LogP contribution is 2.34. The van der Waals surface area contributed by atoms with Gasteiger partial charge in [0.1, 0.15) is 0 Å². The Morgan fingerprint density at radius 1 is 1.10 bits per heavy atom. The minimum absolute atomic E-state index is 0.279. The van der Waals surface area contributed by atoms with Crippen LogP contribution in [0.4, 0.5) is 0 Å². The Bertz CT molecular complexity index is 571. The molecule has 2 aromatic rings. The lowest BCUT2D eigenvalue weighted by molar-refractivity contribution is 0.134. The van der Waals surface area contributed by atoms with Gasteiger partial charge < -0.3 is 5.11 Å². The first-order valence-corrected chi connectivity index (χ1v) is 7.55. The van der Waals surface area contributed by atoms with E-state index in [4.69, 9.17) is 0 Å². The molecule has 1 N–H and O–H groups in total. The average Bonchev–Trinajstić information content (AvgIpc) is 2.49. The minimum atomic E-state index is -0.279. The van der Waals surface area contributed by atoms with E-state index in [-0.39, 0.29) is 6.10 Å². The molecule has 2 aromatic carbocycles. The van der Waals surface area contributed by atoms with Crippen LogP contribution in [0.3, 0.4) is 0 Å². The van der Waals surface area contributed by atoms with Gasteiger partial charge in [-0.05, 0) is 49.3 Å². The van der Waals surface area contributed by atoms with Crippen molar-refractivity contribution in [2.24, 2.45) is 0 Å². The number of aryl methyl sites for hydroxylation is 2. The second kappa shape index (κ2) is 5.80. The maximum Gasteiger partial charge on any atom is 0.0649 e. The summed E-state index contributed by atoms with van der Waals surface area (Å²) in [5.41, 5.74) is 5.28. The SMILES string of the molecule is Cc1ccc(CC(O)C2CCCc3ccccc32)cc1. The van der Waals surface area contributed by atoms with Gasteiger partial charge in [-0.1, -0.05) is 54.1 Å². The van der Waals surface area contributed by atoms with Crippen LogP contribution in [0.15, 0.2) is 48.5 Å². The Balaban J connectivity index is 1.78. The van der Waals surface area contributed by atoms with Crippen molar-refractivity contribution in [3.8, 4) is 0 Å². The van der Waals surface area contributed by atoms with Crippen molar-refractivity contribution >= 4 is 0 Å². The van der Waals surface area contributed by atoms with Crippen LogP contribution in [0.5, 0.6) is 0 Å². The molecule has 104 valence electrons. The Hall–Kier alpha value is -1.60. The van der Waals surface area contributed by atoms with Crippen LogP contribution >= 0.6 is 0 Å². The summed E-state index contributed by atoms with van der Waals surface area (Å²) in [5.74, 6) is 0.293. The zero-order chi connectivity index (χ0) is 13.9. The smallest absolute Gasteiger partial charge is 0.0649 e. The lowest BCUT2D eigenvalue weighted by Gasteiger charge is -2.29. The molecule has 2 atom stereocenters. The molecule has 0 amide bonds. The van der Waals surface area contributed by atoms with Crippen LogP contribution < -0.4 is 0 Å². The highest BCUT2D eigenvalue weighted by molar-refractivity contribution is 5.34. The van der Waals surface area contributed by atoms with Gasteiger partial charge in [0.25, 0.3) is 0 Å². The molecule has 2 unspecified atom stereocenters. The number of aliphatic hydroxyl groups is 1. The predicted molar refractivity (Wildman–Crippen MR) is 83.0 cm³/mol. The highest BCUT2D eigenvalue weighted by atomic mass is 16.3. The standard InChI is InChI=1S/C19H22O/c1-14-9-11-15(12-10-14)13-19(20)18-8-4-6-16-5-2-3-7-17(16)18/h2-3,5,7,9-12,18-20H,4,6,8,13H2,1H3. The van der Waals surface area contributed by atoms with Crippen LogP contribution in [0.1, 0.15) is 41.0 Å². The zero-order valence-electron chi connectivity index (χ0n) is 12.0. The minimum Gasteiger partial charge on any atom is -0.392 e. The van der Waals surface area contributed by atoms with E-state index in [1.54, 1.807) is 0 Å². The fourth-order valence-corrected chi connectivity index (χ4v) is 3.30. The van der Waals surface area contributed by atoms with Crippen molar-refractivity contribution in [1.29, 1.82) is 0 Å². The molecule has 3 rings (SSSR count). The van der Waals surface area contributed by atoms with Crippen molar-refractivity contribution in [2.75, 3.05) is 0 Å². The van der Waals surface area contributed by atoms with Crippen molar-refractivity contribution in [3.05, 3.63) is 70.8 Å². The van der Waals surface area contributed by atoms with Crippen LogP contribution in [-0.2, 0) is 12.8 Å². The van der Waals surface area contributed by atoms with E-state index in [0.29, 0.717) is 5.92 Å². The maximum absolute atomic E-state index is 10.6. The molecule has 1 aliphatic carbocycles. The van der Waals surface area contributed by atoms with E-state index in [1.165, 1.54) is 28.7 Å². The third kappa shape index (κ3) is 2.78. The van der Waals surface area contributed by atoms with Crippen molar-refractivity contribution in [1.82, 2.24) is 0 Å². The van der Waals surface area contributed by atoms with Crippen LogP contribution in [-0.4, -0.2) is 11.2 Å². The first kappa shape index (κ1) is 13.4. The molecule has 20 heavy (non-hydrogen) atoms. The van der Waals surface area contributed by atoms with Gasteiger partial charge in [0.2, 0.25) is 0 Å². The number of aliphatic hydroxyl groups excluding tert-OH is 1. The Kier molecular flexibility index (Phi) is 3.88. The molecule has 0 aliphatic heterocycles. The first-order chi connectivity index (χ1) is 9.74. The van der Waals surface area contributed by atoms with E-state index in [9.17, 15) is 5.11 Å². The predicted octanol–water partition coefficient (Wildman–Crippen LogP) is 4.02. The monoisotopic (exact) mass is 266 g/mol. The van der Waals surface area contributed by atoms with Crippen molar-refractivity contribution in [3.63, 3.8) is 0 Å². The van der Waals surface area contributed by atoms with Crippen LogP contribution in [0.25, 0.3) is 0 Å². The van der Waals surface area contributed by atoms with Gasteiger partial charge in [0.05, 0.1) is 6.10 Å². The van der Waals surface area contributed by atoms with Crippen molar-refractivity contribution in [2.45, 2.75) is 44.6 Å². The quantitative estimate of drug-likeness (QED) is 0.889. The van der Waals surface area contributed by atoms with Gasteiger partial charge in [0, 0.05) is 5.92 Å². The summed E-state index contributed by atoms with van der Waals surface area (Å²) in [6.07, 6.45) is 3.92. The number of fused-ring (bicyclic) bond motifs is 1. The molecule has 0 spiro atoms. The molecule has 1 nitrogen and oxygen atoms in total. The number of hydrogen-bond donors (Lipinski definition) is 1. The summed E-state index contributed by atoms with van der Waals surface area (Å²) in [5, 5.41) is 10.6. The van der Waals surface area contributed by atoms with Gasteiger partial charge in [-0.25, -0.2) is 0 Å². The third-order valence-electron chi connectivity index (χ3n) is 4.45. The van der Waals surface area contributed by atoms with Gasteiger partial charge in [-0.15, -0.1) is 0 Å². The zero-order valence-corrected chi connectivity index (χ0v) is 12.0. The molecule has 0 bridgehead atoms. The van der Waals surface area contributed by atoms with Gasteiger partial charge in [0.15, 0.2) is 0 Å². The molecule has 0 radical (unpaired) electrons. The summed E-state index contributed by atoms with van der Waals surface area (Å²) in [6.45, 7) is 2.09. The number of hydrogen-bond acceptors (Lipinski definition) is 1. The molecule has 0 saturated carbocycles. The van der Waals surface area contributed by atoms with E-state index in [1.807, 2.05) is 0 Å². The van der Waals surface area contributed by atoms with Crippen LogP contribution in [0, 0.1) is 6.92 Å². The fourth-order valence-electron chi connectivity index (χ4n) is 3.30. The first-order valence-electron chi connectivity index (χ1n) is 7.55. The third-order valence-corrected chi connectivity index (χ3v) is 4.45. The van der Waals surface area contributed by atoms with E-state index < -0.39 is 0 Å². The molecule has 0 heterocycles. The molecule has 0 aromatic heterocycles. The van der Waals surface area contributed by atoms with Crippen LogP contribution in [0.2, 0.25) is 0 Å². The van der Waals surface area contributed by atoms with E-state index in [0.717, 1.165) is 19.3 Å². The summed E-state index contributed by atoms with van der Waals surface area (Å²) in [7, 11) is 0. The molecule has 1 heteroatoms. The lowest BCUT2D eigenvalue weighted by Crippen LogP contribution is -2.24. The molecular formula is C19H22O. The molecule has 0 saturated heterocycles. The highest BCUT2D eigenvalue weighted by Gasteiger charge is 2.26. The Morgan fingerprint density at radius 3 is 2.65 bits per heavy atom. The topological polar surface area (TPSA) is 20.2 Å². The summed E-state index contributed by atoms with van der Waals surface area (Å²) < 4.78 is 0. The Morgan fingerprint density at radius 2 is 1.85 bits per heavy atom. The summed E-state index contributed by atoms with van der Waals surface area (Å²) in [4.78, 5) is 0. The average molecular weight is 266 g/mol. The molecular weight excluding hydrogens is 244 g/mol. The largest absolute Gasteiger partial charge is 0.392 e. The summed E-state index contributed by atoms with van der Waals surface area (Å²) >= 11 is 0.